The molecule has 5 aromatic rings. The molecule has 0 saturated carbocycles. The quantitative estimate of drug-likeness (QED) is 0.392. The van der Waals surface area contributed by atoms with E-state index in [0.29, 0.717) is 5.82 Å². The summed E-state index contributed by atoms with van der Waals surface area (Å²) in [6.07, 6.45) is 3.29. The summed E-state index contributed by atoms with van der Waals surface area (Å²) in [5.74, 6) is 1.75. The van der Waals surface area contributed by atoms with E-state index in [2.05, 4.69) is 73.7 Å². The second-order valence-corrected chi connectivity index (χ2v) is 8.37. The third kappa shape index (κ3) is 3.74. The normalized spacial score (nSPS) is 11.4. The minimum Gasteiger partial charge on any atom is -0.321 e. The SMILES string of the molecule is CCCCc1nc2snc(C)c2n1Cc1ccc(-c2ccccc2-c2nn[nH]n2)cc1. The molecule has 3 aromatic heterocycles. The van der Waals surface area contributed by atoms with Crippen molar-refractivity contribution in [1.29, 1.82) is 0 Å². The molecule has 3 heterocycles. The number of rotatable bonds is 7. The topological polar surface area (TPSA) is 85.2 Å². The Labute approximate surface area is 184 Å². The fraction of sp³-hybridized carbons (Fsp3) is 0.261. The summed E-state index contributed by atoms with van der Waals surface area (Å²) in [6.45, 7) is 5.08. The fourth-order valence-corrected chi connectivity index (χ4v) is 4.72. The van der Waals surface area contributed by atoms with Gasteiger partial charge in [0.05, 0.1) is 5.69 Å². The highest BCUT2D eigenvalue weighted by molar-refractivity contribution is 7.12. The van der Waals surface area contributed by atoms with Crippen LogP contribution in [0.25, 0.3) is 32.9 Å². The van der Waals surface area contributed by atoms with Crippen LogP contribution in [0.1, 0.15) is 36.8 Å². The Morgan fingerprint density at radius 1 is 1.03 bits per heavy atom. The molecule has 0 amide bonds. The summed E-state index contributed by atoms with van der Waals surface area (Å²) < 4.78 is 6.85. The second-order valence-electron chi connectivity index (χ2n) is 7.62. The first-order valence-electron chi connectivity index (χ1n) is 10.5. The predicted molar refractivity (Wildman–Crippen MR) is 123 cm³/mol. The van der Waals surface area contributed by atoms with E-state index in [-0.39, 0.29) is 0 Å². The van der Waals surface area contributed by atoms with Gasteiger partial charge in [-0.15, -0.1) is 10.2 Å². The Bertz CT molecular complexity index is 1300. The molecule has 5 rings (SSSR count). The number of aryl methyl sites for hydroxylation is 2. The number of nitrogens with one attached hydrogen (secondary N) is 1. The number of imidazole rings is 1. The molecule has 0 bridgehead atoms. The van der Waals surface area contributed by atoms with Gasteiger partial charge in [-0.1, -0.05) is 61.9 Å². The van der Waals surface area contributed by atoms with Gasteiger partial charge in [-0.2, -0.15) is 9.59 Å². The van der Waals surface area contributed by atoms with E-state index < -0.39 is 0 Å². The smallest absolute Gasteiger partial charge is 0.205 e. The van der Waals surface area contributed by atoms with Gasteiger partial charge in [-0.3, -0.25) is 0 Å². The third-order valence-electron chi connectivity index (χ3n) is 5.50. The number of benzene rings is 2. The Morgan fingerprint density at radius 2 is 1.84 bits per heavy atom. The van der Waals surface area contributed by atoms with Gasteiger partial charge in [0.1, 0.15) is 11.3 Å². The standard InChI is InChI=1S/C23H23N7S/c1-3-4-9-20-24-23-21(15(2)27-31-23)30(20)14-16-10-12-17(13-11-16)18-7-5-6-8-19(18)22-25-28-29-26-22/h5-8,10-13H,3-4,9,14H2,1-2H3,(H,25,26,28,29). The molecule has 7 nitrogen and oxygen atoms in total. The summed E-state index contributed by atoms with van der Waals surface area (Å²) in [5, 5.41) is 14.5. The van der Waals surface area contributed by atoms with Gasteiger partial charge in [0, 0.05) is 18.5 Å². The molecule has 8 heteroatoms. The lowest BCUT2D eigenvalue weighted by atomic mass is 9.98. The van der Waals surface area contributed by atoms with Crippen molar-refractivity contribution in [3.63, 3.8) is 0 Å². The van der Waals surface area contributed by atoms with Gasteiger partial charge in [0.15, 0.2) is 4.83 Å². The highest BCUT2D eigenvalue weighted by atomic mass is 32.1. The molecule has 0 aliphatic heterocycles. The van der Waals surface area contributed by atoms with Crippen LogP contribution >= 0.6 is 11.5 Å². The molecule has 0 saturated heterocycles. The lowest BCUT2D eigenvalue weighted by Crippen LogP contribution is -2.06. The number of nitrogens with zero attached hydrogens (tertiary/aromatic N) is 6. The molecule has 156 valence electrons. The van der Waals surface area contributed by atoms with E-state index in [1.807, 2.05) is 18.2 Å². The zero-order valence-corrected chi connectivity index (χ0v) is 18.4. The first kappa shape index (κ1) is 19.6. The maximum Gasteiger partial charge on any atom is 0.205 e. The van der Waals surface area contributed by atoms with Crippen molar-refractivity contribution < 1.29 is 0 Å². The van der Waals surface area contributed by atoms with Crippen LogP contribution < -0.4 is 0 Å². The maximum atomic E-state index is 4.87. The molecule has 0 atom stereocenters. The van der Waals surface area contributed by atoms with Gasteiger partial charge >= 0.3 is 0 Å². The van der Waals surface area contributed by atoms with Crippen LogP contribution in [0.5, 0.6) is 0 Å². The Balaban J connectivity index is 1.47. The van der Waals surface area contributed by atoms with Crippen LogP contribution in [0.15, 0.2) is 48.5 Å². The molecular formula is C23H23N7S. The molecule has 0 unspecified atom stereocenters. The molecular weight excluding hydrogens is 406 g/mol. The van der Waals surface area contributed by atoms with Crippen LogP contribution in [0.2, 0.25) is 0 Å². The molecule has 0 aliphatic rings. The van der Waals surface area contributed by atoms with E-state index in [4.69, 9.17) is 4.98 Å². The zero-order chi connectivity index (χ0) is 21.2. The van der Waals surface area contributed by atoms with Crippen molar-refractivity contribution in [2.45, 2.75) is 39.7 Å². The fourth-order valence-electron chi connectivity index (χ4n) is 3.92. The Kier molecular flexibility index (Phi) is 5.30. The maximum absolute atomic E-state index is 4.87. The number of unbranched alkanes of at least 4 members (excludes halogenated alkanes) is 1. The van der Waals surface area contributed by atoms with Gasteiger partial charge in [-0.05, 0) is 46.8 Å². The highest BCUT2D eigenvalue weighted by Crippen LogP contribution is 2.30. The molecule has 2 aromatic carbocycles. The number of hydrogen-bond acceptors (Lipinski definition) is 6. The van der Waals surface area contributed by atoms with E-state index in [1.54, 1.807) is 0 Å². The van der Waals surface area contributed by atoms with Crippen LogP contribution in [-0.2, 0) is 13.0 Å². The van der Waals surface area contributed by atoms with Crippen molar-refractivity contribution in [2.75, 3.05) is 0 Å². The highest BCUT2D eigenvalue weighted by Gasteiger charge is 2.16. The lowest BCUT2D eigenvalue weighted by molar-refractivity contribution is 0.688. The second kappa shape index (κ2) is 8.39. The molecule has 0 aliphatic carbocycles. The zero-order valence-electron chi connectivity index (χ0n) is 17.5. The van der Waals surface area contributed by atoms with E-state index >= 15 is 0 Å². The summed E-state index contributed by atoms with van der Waals surface area (Å²) in [5.41, 5.74) is 6.63. The number of tetrazole rings is 1. The van der Waals surface area contributed by atoms with Crippen LogP contribution in [0.4, 0.5) is 0 Å². The molecule has 0 spiro atoms. The van der Waals surface area contributed by atoms with Gasteiger partial charge in [0.2, 0.25) is 5.82 Å². The van der Waals surface area contributed by atoms with Crippen LogP contribution in [-0.4, -0.2) is 34.5 Å². The van der Waals surface area contributed by atoms with Crippen molar-refractivity contribution in [3.8, 4) is 22.5 Å². The van der Waals surface area contributed by atoms with E-state index in [0.717, 1.165) is 58.8 Å². The molecule has 0 radical (unpaired) electrons. The molecule has 0 fully saturated rings. The number of aromatic amines is 1. The summed E-state index contributed by atoms with van der Waals surface area (Å²) >= 11 is 1.49. The average molecular weight is 430 g/mol. The minimum atomic E-state index is 0.599. The van der Waals surface area contributed by atoms with Crippen molar-refractivity contribution >= 4 is 21.9 Å². The number of hydrogen-bond donors (Lipinski definition) is 1. The molecule has 1 N–H and O–H groups in total. The summed E-state index contributed by atoms with van der Waals surface area (Å²) in [4.78, 5) is 5.90. The first-order valence-corrected chi connectivity index (χ1v) is 11.3. The molecule has 31 heavy (non-hydrogen) atoms. The van der Waals surface area contributed by atoms with Crippen molar-refractivity contribution in [1.82, 2.24) is 34.5 Å². The summed E-state index contributed by atoms with van der Waals surface area (Å²) in [7, 11) is 0. The minimum absolute atomic E-state index is 0.599. The Morgan fingerprint density at radius 3 is 2.58 bits per heavy atom. The summed E-state index contributed by atoms with van der Waals surface area (Å²) in [6, 6.07) is 16.8. The number of fused-ring (bicyclic) bond motifs is 1. The predicted octanol–water partition coefficient (Wildman–Crippen LogP) is 5.04. The van der Waals surface area contributed by atoms with Gasteiger partial charge in [-0.25, -0.2) is 4.98 Å². The Hall–Kier alpha value is -3.39. The van der Waals surface area contributed by atoms with Gasteiger partial charge < -0.3 is 4.57 Å². The third-order valence-corrected chi connectivity index (χ3v) is 6.32. The van der Waals surface area contributed by atoms with Gasteiger partial charge in [0.25, 0.3) is 0 Å². The largest absolute Gasteiger partial charge is 0.321 e. The lowest BCUT2D eigenvalue weighted by Gasteiger charge is -2.11. The monoisotopic (exact) mass is 429 g/mol. The average Bonchev–Trinajstić information content (AvgIpc) is 3.53. The van der Waals surface area contributed by atoms with E-state index in [9.17, 15) is 0 Å². The van der Waals surface area contributed by atoms with Crippen molar-refractivity contribution in [2.24, 2.45) is 0 Å². The van der Waals surface area contributed by atoms with E-state index in [1.165, 1.54) is 22.6 Å². The number of aromatic nitrogens is 7. The first-order chi connectivity index (χ1) is 15.2. The van der Waals surface area contributed by atoms with Crippen LogP contribution in [0, 0.1) is 6.92 Å². The number of H-pyrrole nitrogens is 1. The van der Waals surface area contributed by atoms with Crippen molar-refractivity contribution in [3.05, 3.63) is 65.6 Å². The van der Waals surface area contributed by atoms with Crippen LogP contribution in [0.3, 0.4) is 0 Å².